The van der Waals surface area contributed by atoms with Crippen LogP contribution in [0.5, 0.6) is 5.75 Å². The van der Waals surface area contributed by atoms with Gasteiger partial charge in [0.2, 0.25) is 0 Å². The highest BCUT2D eigenvalue weighted by Crippen LogP contribution is 2.21. The van der Waals surface area contributed by atoms with Gasteiger partial charge in [0.15, 0.2) is 0 Å². The molecular formula is C17H28N2O2. The van der Waals surface area contributed by atoms with Crippen LogP contribution in [0.25, 0.3) is 0 Å². The Morgan fingerprint density at radius 2 is 2.00 bits per heavy atom. The highest BCUT2D eigenvalue weighted by molar-refractivity contribution is 5.26. The Labute approximate surface area is 127 Å². The predicted molar refractivity (Wildman–Crippen MR) is 85.4 cm³/mol. The van der Waals surface area contributed by atoms with Crippen molar-refractivity contribution >= 4 is 0 Å². The molecule has 0 bridgehead atoms. The second kappa shape index (κ2) is 7.78. The van der Waals surface area contributed by atoms with Crippen LogP contribution in [-0.4, -0.2) is 41.8 Å². The fourth-order valence-electron chi connectivity index (χ4n) is 2.74. The summed E-state index contributed by atoms with van der Waals surface area (Å²) in [4.78, 5) is 2.43. The normalized spacial score (nSPS) is 23.8. The lowest BCUT2D eigenvalue weighted by Crippen LogP contribution is -2.29. The van der Waals surface area contributed by atoms with Crippen molar-refractivity contribution in [3.63, 3.8) is 0 Å². The summed E-state index contributed by atoms with van der Waals surface area (Å²) in [7, 11) is 0. The summed E-state index contributed by atoms with van der Waals surface area (Å²) in [6.07, 6.45) is 3.87. The molecule has 4 nitrogen and oxygen atoms in total. The van der Waals surface area contributed by atoms with Crippen molar-refractivity contribution in [3.05, 3.63) is 29.8 Å². The molecule has 1 heterocycles. The van der Waals surface area contributed by atoms with Crippen molar-refractivity contribution in [1.29, 1.82) is 0 Å². The molecule has 0 radical (unpaired) electrons. The monoisotopic (exact) mass is 292 g/mol. The third-order valence-corrected chi connectivity index (χ3v) is 4.20. The number of rotatable bonds is 6. The first-order chi connectivity index (χ1) is 10.1. The quantitative estimate of drug-likeness (QED) is 0.789. The van der Waals surface area contributed by atoms with Gasteiger partial charge in [-0.25, -0.2) is 0 Å². The van der Waals surface area contributed by atoms with E-state index in [2.05, 4.69) is 4.90 Å². The molecule has 0 amide bonds. The Morgan fingerprint density at radius 3 is 2.71 bits per heavy atom. The molecule has 3 N–H and O–H groups in total. The lowest BCUT2D eigenvalue weighted by Gasteiger charge is -2.22. The summed E-state index contributed by atoms with van der Waals surface area (Å²) in [6, 6.07) is 7.97. The number of nitrogens with two attached hydrogens (primary N) is 1. The second-order valence-electron chi connectivity index (χ2n) is 6.24. The van der Waals surface area contributed by atoms with Gasteiger partial charge in [0.05, 0.1) is 12.2 Å². The number of hydrogen-bond acceptors (Lipinski definition) is 4. The Kier molecular flexibility index (Phi) is 6.03. The molecule has 4 heteroatoms. The first-order valence-electron chi connectivity index (χ1n) is 7.96. The highest BCUT2D eigenvalue weighted by Gasteiger charge is 2.24. The van der Waals surface area contributed by atoms with Crippen LogP contribution in [-0.2, 0) is 6.54 Å². The Balaban J connectivity index is 1.65. The van der Waals surface area contributed by atoms with E-state index in [-0.39, 0.29) is 0 Å². The molecule has 1 atom stereocenters. The van der Waals surface area contributed by atoms with Gasteiger partial charge in [-0.15, -0.1) is 0 Å². The summed E-state index contributed by atoms with van der Waals surface area (Å²) in [5.74, 6) is 0.908. The molecule has 118 valence electrons. The number of nitrogens with zero attached hydrogens (tertiary/aromatic N) is 1. The van der Waals surface area contributed by atoms with Crippen LogP contribution in [0, 0.1) is 0 Å². The average Bonchev–Trinajstić information content (AvgIpc) is 2.65. The molecule has 1 aliphatic heterocycles. The molecule has 1 aromatic carbocycles. The molecule has 1 fully saturated rings. The molecular weight excluding hydrogens is 264 g/mol. The van der Waals surface area contributed by atoms with Gasteiger partial charge in [0.25, 0.3) is 0 Å². The lowest BCUT2D eigenvalue weighted by molar-refractivity contribution is 0.0445. The van der Waals surface area contributed by atoms with Crippen LogP contribution in [0.4, 0.5) is 0 Å². The fourth-order valence-corrected chi connectivity index (χ4v) is 2.74. The second-order valence-corrected chi connectivity index (χ2v) is 6.24. The smallest absolute Gasteiger partial charge is 0.119 e. The fraction of sp³-hybridized carbons (Fsp3) is 0.647. The van der Waals surface area contributed by atoms with Crippen LogP contribution in [0.15, 0.2) is 24.3 Å². The zero-order chi connectivity index (χ0) is 15.1. The number of likely N-dealkylation sites (tertiary alicyclic amines) is 1. The van der Waals surface area contributed by atoms with Crippen LogP contribution in [0.1, 0.15) is 38.2 Å². The minimum atomic E-state index is -0.476. The summed E-state index contributed by atoms with van der Waals surface area (Å²) >= 11 is 0. The molecule has 2 rings (SSSR count). The topological polar surface area (TPSA) is 58.7 Å². The third-order valence-electron chi connectivity index (χ3n) is 4.20. The molecule has 0 aromatic heterocycles. The Hall–Kier alpha value is -1.10. The Morgan fingerprint density at radius 1 is 1.24 bits per heavy atom. The van der Waals surface area contributed by atoms with E-state index in [1.165, 1.54) is 0 Å². The van der Waals surface area contributed by atoms with E-state index in [9.17, 15) is 5.11 Å². The summed E-state index contributed by atoms with van der Waals surface area (Å²) < 4.78 is 5.75. The van der Waals surface area contributed by atoms with Gasteiger partial charge in [-0.05, 0) is 56.8 Å². The van der Waals surface area contributed by atoms with E-state index in [0.29, 0.717) is 6.54 Å². The molecule has 1 unspecified atom stereocenters. The number of hydrogen-bond donors (Lipinski definition) is 2. The van der Waals surface area contributed by atoms with Crippen LogP contribution in [0.2, 0.25) is 0 Å². The van der Waals surface area contributed by atoms with Gasteiger partial charge in [0, 0.05) is 19.6 Å². The number of aliphatic hydroxyl groups is 1. The van der Waals surface area contributed by atoms with Crippen molar-refractivity contribution < 1.29 is 9.84 Å². The largest absolute Gasteiger partial charge is 0.494 e. The molecule has 0 saturated carbocycles. The molecule has 1 saturated heterocycles. The average molecular weight is 292 g/mol. The van der Waals surface area contributed by atoms with E-state index in [1.54, 1.807) is 0 Å². The minimum absolute atomic E-state index is 0.476. The standard InChI is InChI=1S/C17H28N2O2/c1-17(20)8-2-10-19(12-9-17)11-3-13-21-16-6-4-15(14-18)5-7-16/h4-7,20H,2-3,8-14,18H2,1H3. The van der Waals surface area contributed by atoms with E-state index in [0.717, 1.165) is 63.2 Å². The molecule has 21 heavy (non-hydrogen) atoms. The van der Waals surface area contributed by atoms with Crippen LogP contribution in [0.3, 0.4) is 0 Å². The van der Waals surface area contributed by atoms with Crippen molar-refractivity contribution in [1.82, 2.24) is 4.90 Å². The van der Waals surface area contributed by atoms with E-state index < -0.39 is 5.60 Å². The number of ether oxygens (including phenoxy) is 1. The molecule has 1 aromatic rings. The maximum atomic E-state index is 10.1. The predicted octanol–water partition coefficient (Wildman–Crippen LogP) is 2.15. The maximum Gasteiger partial charge on any atom is 0.119 e. The van der Waals surface area contributed by atoms with Gasteiger partial charge >= 0.3 is 0 Å². The first kappa shape index (κ1) is 16.3. The zero-order valence-corrected chi connectivity index (χ0v) is 13.1. The van der Waals surface area contributed by atoms with Gasteiger partial charge in [-0.3, -0.25) is 0 Å². The number of benzene rings is 1. The molecule has 0 aliphatic carbocycles. The zero-order valence-electron chi connectivity index (χ0n) is 13.1. The summed E-state index contributed by atoms with van der Waals surface area (Å²) in [5.41, 5.74) is 6.22. The minimum Gasteiger partial charge on any atom is -0.494 e. The first-order valence-corrected chi connectivity index (χ1v) is 7.96. The maximum absolute atomic E-state index is 10.1. The molecule has 0 spiro atoms. The van der Waals surface area contributed by atoms with E-state index in [4.69, 9.17) is 10.5 Å². The van der Waals surface area contributed by atoms with Gasteiger partial charge in [0.1, 0.15) is 5.75 Å². The van der Waals surface area contributed by atoms with Crippen molar-refractivity contribution in [3.8, 4) is 5.75 Å². The van der Waals surface area contributed by atoms with Crippen molar-refractivity contribution in [2.75, 3.05) is 26.2 Å². The van der Waals surface area contributed by atoms with Gasteiger partial charge in [-0.2, -0.15) is 0 Å². The van der Waals surface area contributed by atoms with Crippen molar-refractivity contribution in [2.24, 2.45) is 5.73 Å². The van der Waals surface area contributed by atoms with E-state index in [1.807, 2.05) is 31.2 Å². The SMILES string of the molecule is CC1(O)CCCN(CCCOc2ccc(CN)cc2)CC1. The lowest BCUT2D eigenvalue weighted by atomic mass is 9.98. The van der Waals surface area contributed by atoms with Gasteiger partial charge in [-0.1, -0.05) is 12.1 Å². The highest BCUT2D eigenvalue weighted by atomic mass is 16.5. The van der Waals surface area contributed by atoms with Crippen LogP contribution < -0.4 is 10.5 Å². The van der Waals surface area contributed by atoms with Crippen LogP contribution >= 0.6 is 0 Å². The van der Waals surface area contributed by atoms with E-state index >= 15 is 0 Å². The Bertz CT molecular complexity index is 417. The summed E-state index contributed by atoms with van der Waals surface area (Å²) in [6.45, 7) is 6.36. The third kappa shape index (κ3) is 5.65. The van der Waals surface area contributed by atoms with Crippen molar-refractivity contribution in [2.45, 2.75) is 44.8 Å². The molecule has 1 aliphatic rings. The summed E-state index contributed by atoms with van der Waals surface area (Å²) in [5, 5.41) is 10.1. The van der Waals surface area contributed by atoms with Gasteiger partial charge < -0.3 is 20.5 Å².